The quantitative estimate of drug-likeness (QED) is 0.834. The van der Waals surface area contributed by atoms with Gasteiger partial charge in [-0.15, -0.1) is 0 Å². The van der Waals surface area contributed by atoms with Crippen LogP contribution in [-0.4, -0.2) is 35.2 Å². The Morgan fingerprint density at radius 1 is 1.58 bits per heavy atom. The molecule has 4 nitrogen and oxygen atoms in total. The summed E-state index contributed by atoms with van der Waals surface area (Å²) in [5, 5.41) is 0. The van der Waals surface area contributed by atoms with Crippen LogP contribution < -0.4 is 5.73 Å². The first-order chi connectivity index (χ1) is 8.74. The van der Waals surface area contributed by atoms with E-state index in [1.165, 1.54) is 4.90 Å². The lowest BCUT2D eigenvalue weighted by molar-refractivity contribution is -0.139. The first kappa shape index (κ1) is 15.9. The number of nitrogens with zero attached hydrogens (tertiary/aromatic N) is 1. The molecule has 2 atom stereocenters. The van der Waals surface area contributed by atoms with Crippen LogP contribution in [0.4, 0.5) is 8.78 Å². The number of rotatable bonds is 5. The SMILES string of the molecule is CCC(C(N)=O)N1CC(CC(C)(F)F)CCCC1=O. The number of halogens is 2. The summed E-state index contributed by atoms with van der Waals surface area (Å²) in [7, 11) is 0. The maximum Gasteiger partial charge on any atom is 0.245 e. The van der Waals surface area contributed by atoms with Crippen molar-refractivity contribution >= 4 is 11.8 Å². The minimum absolute atomic E-state index is 0.160. The Morgan fingerprint density at radius 3 is 2.68 bits per heavy atom. The molecule has 1 aliphatic rings. The third kappa shape index (κ3) is 4.76. The lowest BCUT2D eigenvalue weighted by Crippen LogP contribution is -2.48. The molecule has 1 heterocycles. The van der Waals surface area contributed by atoms with E-state index < -0.39 is 17.9 Å². The van der Waals surface area contributed by atoms with Gasteiger partial charge in [0.05, 0.1) is 0 Å². The fourth-order valence-electron chi connectivity index (χ4n) is 2.71. The summed E-state index contributed by atoms with van der Waals surface area (Å²) in [6, 6.07) is -0.682. The molecular weight excluding hydrogens is 254 g/mol. The van der Waals surface area contributed by atoms with Gasteiger partial charge < -0.3 is 10.6 Å². The topological polar surface area (TPSA) is 63.4 Å². The standard InChI is InChI=1S/C13H22F2N2O2/c1-3-10(12(16)19)17-8-9(7-13(2,14)15)5-4-6-11(17)18/h9-10H,3-8H2,1-2H3,(H2,16,19). The van der Waals surface area contributed by atoms with Gasteiger partial charge in [0.15, 0.2) is 0 Å². The van der Waals surface area contributed by atoms with Crippen LogP contribution in [0.15, 0.2) is 0 Å². The normalized spacial score (nSPS) is 23.1. The Morgan fingerprint density at radius 2 is 2.21 bits per heavy atom. The maximum atomic E-state index is 13.1. The molecule has 0 aromatic heterocycles. The zero-order chi connectivity index (χ0) is 14.6. The number of carbonyl (C=O) groups excluding carboxylic acids is 2. The number of carbonyl (C=O) groups is 2. The second-order valence-electron chi connectivity index (χ2n) is 5.41. The molecule has 0 aromatic carbocycles. The van der Waals surface area contributed by atoms with E-state index in [4.69, 9.17) is 5.73 Å². The second kappa shape index (κ2) is 6.30. The lowest BCUT2D eigenvalue weighted by atomic mass is 9.96. The molecule has 0 aromatic rings. The number of primary amides is 1. The summed E-state index contributed by atoms with van der Waals surface area (Å²) in [5.74, 6) is -3.76. The smallest absolute Gasteiger partial charge is 0.245 e. The molecule has 0 aliphatic carbocycles. The molecule has 6 heteroatoms. The van der Waals surface area contributed by atoms with Crippen LogP contribution in [0.25, 0.3) is 0 Å². The van der Waals surface area contributed by atoms with Gasteiger partial charge in [-0.3, -0.25) is 9.59 Å². The molecule has 0 radical (unpaired) electrons. The van der Waals surface area contributed by atoms with Crippen molar-refractivity contribution in [2.45, 2.75) is 57.9 Å². The van der Waals surface area contributed by atoms with E-state index in [-0.39, 0.29) is 24.8 Å². The molecule has 19 heavy (non-hydrogen) atoms. The van der Waals surface area contributed by atoms with E-state index in [0.717, 1.165) is 6.92 Å². The van der Waals surface area contributed by atoms with Crippen molar-refractivity contribution in [1.82, 2.24) is 4.90 Å². The summed E-state index contributed by atoms with van der Waals surface area (Å²) < 4.78 is 26.2. The molecule has 1 saturated heterocycles. The van der Waals surface area contributed by atoms with Gasteiger partial charge in [-0.2, -0.15) is 0 Å². The Labute approximate surface area is 112 Å². The van der Waals surface area contributed by atoms with Crippen molar-refractivity contribution in [2.75, 3.05) is 6.54 Å². The Kier molecular flexibility index (Phi) is 5.26. The highest BCUT2D eigenvalue weighted by molar-refractivity contribution is 5.86. The minimum Gasteiger partial charge on any atom is -0.368 e. The molecule has 2 unspecified atom stereocenters. The van der Waals surface area contributed by atoms with E-state index in [9.17, 15) is 18.4 Å². The molecule has 0 spiro atoms. The van der Waals surface area contributed by atoms with Gasteiger partial charge >= 0.3 is 0 Å². The van der Waals surface area contributed by atoms with Crippen molar-refractivity contribution in [3.05, 3.63) is 0 Å². The van der Waals surface area contributed by atoms with Crippen LogP contribution in [0.5, 0.6) is 0 Å². The monoisotopic (exact) mass is 276 g/mol. The summed E-state index contributed by atoms with van der Waals surface area (Å²) in [4.78, 5) is 24.7. The molecule has 1 fully saturated rings. The highest BCUT2D eigenvalue weighted by Crippen LogP contribution is 2.29. The second-order valence-corrected chi connectivity index (χ2v) is 5.41. The number of nitrogens with two attached hydrogens (primary N) is 1. The van der Waals surface area contributed by atoms with Crippen molar-refractivity contribution in [3.63, 3.8) is 0 Å². The van der Waals surface area contributed by atoms with Crippen LogP contribution in [0, 0.1) is 5.92 Å². The molecule has 2 N–H and O–H groups in total. The number of amides is 2. The van der Waals surface area contributed by atoms with E-state index in [1.807, 2.05) is 0 Å². The van der Waals surface area contributed by atoms with Crippen LogP contribution >= 0.6 is 0 Å². The van der Waals surface area contributed by atoms with Gasteiger partial charge in [-0.25, -0.2) is 8.78 Å². The average molecular weight is 276 g/mol. The third-order valence-electron chi connectivity index (χ3n) is 3.52. The van der Waals surface area contributed by atoms with Gasteiger partial charge in [0.1, 0.15) is 6.04 Å². The van der Waals surface area contributed by atoms with E-state index in [1.54, 1.807) is 6.92 Å². The highest BCUT2D eigenvalue weighted by atomic mass is 19.3. The fourth-order valence-corrected chi connectivity index (χ4v) is 2.71. The van der Waals surface area contributed by atoms with Gasteiger partial charge in [0.25, 0.3) is 0 Å². The van der Waals surface area contributed by atoms with Gasteiger partial charge in [-0.1, -0.05) is 6.92 Å². The van der Waals surface area contributed by atoms with Gasteiger partial charge in [-0.05, 0) is 32.1 Å². The molecule has 110 valence electrons. The lowest BCUT2D eigenvalue weighted by Gasteiger charge is -2.31. The molecule has 0 bridgehead atoms. The van der Waals surface area contributed by atoms with Crippen LogP contribution in [-0.2, 0) is 9.59 Å². The Hall–Kier alpha value is -1.20. The molecule has 0 saturated carbocycles. The van der Waals surface area contributed by atoms with Crippen molar-refractivity contribution in [1.29, 1.82) is 0 Å². The first-order valence-electron chi connectivity index (χ1n) is 6.71. The first-order valence-corrected chi connectivity index (χ1v) is 6.71. The van der Waals surface area contributed by atoms with E-state index in [0.29, 0.717) is 25.7 Å². The number of alkyl halides is 2. The number of likely N-dealkylation sites (tertiary alicyclic amines) is 1. The van der Waals surface area contributed by atoms with Gasteiger partial charge in [0, 0.05) is 19.4 Å². The number of hydrogen-bond acceptors (Lipinski definition) is 2. The summed E-state index contributed by atoms with van der Waals surface area (Å²) >= 11 is 0. The van der Waals surface area contributed by atoms with E-state index in [2.05, 4.69) is 0 Å². The van der Waals surface area contributed by atoms with Crippen molar-refractivity contribution < 1.29 is 18.4 Å². The minimum atomic E-state index is -2.75. The van der Waals surface area contributed by atoms with Crippen molar-refractivity contribution in [2.24, 2.45) is 11.7 Å². The van der Waals surface area contributed by atoms with Crippen LogP contribution in [0.3, 0.4) is 0 Å². The Bertz CT molecular complexity index is 342. The largest absolute Gasteiger partial charge is 0.368 e. The maximum absolute atomic E-state index is 13.1. The summed E-state index contributed by atoms with van der Waals surface area (Å²) in [5.41, 5.74) is 5.28. The molecular formula is C13H22F2N2O2. The zero-order valence-corrected chi connectivity index (χ0v) is 11.5. The predicted octanol–water partition coefficient (Wildman–Crippen LogP) is 1.92. The molecule has 1 aliphatic heterocycles. The summed E-state index contributed by atoms with van der Waals surface area (Å²) in [6.45, 7) is 2.84. The zero-order valence-electron chi connectivity index (χ0n) is 11.5. The van der Waals surface area contributed by atoms with Crippen LogP contribution in [0.1, 0.15) is 46.0 Å². The van der Waals surface area contributed by atoms with Gasteiger partial charge in [0.2, 0.25) is 17.7 Å². The molecule has 1 rings (SSSR count). The Balaban J connectivity index is 2.82. The van der Waals surface area contributed by atoms with E-state index >= 15 is 0 Å². The highest BCUT2D eigenvalue weighted by Gasteiger charge is 2.34. The van der Waals surface area contributed by atoms with Crippen LogP contribution in [0.2, 0.25) is 0 Å². The fraction of sp³-hybridized carbons (Fsp3) is 0.846. The predicted molar refractivity (Wildman–Crippen MR) is 67.6 cm³/mol. The van der Waals surface area contributed by atoms with Crippen molar-refractivity contribution in [3.8, 4) is 0 Å². The average Bonchev–Trinajstić information content (AvgIpc) is 2.40. The third-order valence-corrected chi connectivity index (χ3v) is 3.52. The molecule has 2 amide bonds. The number of hydrogen-bond donors (Lipinski definition) is 1. The summed E-state index contributed by atoms with van der Waals surface area (Å²) in [6.07, 6.45) is 1.63.